The Balaban J connectivity index is 1.35. The largest absolute Gasteiger partial charge is 0.284 e. The van der Waals surface area contributed by atoms with Crippen molar-refractivity contribution in [2.45, 2.75) is 65.8 Å². The molecule has 0 saturated carbocycles. The number of benzene rings is 4. The van der Waals surface area contributed by atoms with Crippen LogP contribution in [-0.2, 0) is 17.4 Å². The lowest BCUT2D eigenvalue weighted by molar-refractivity contribution is -0.677. The number of rotatable bonds is 5. The lowest BCUT2D eigenvalue weighted by atomic mass is 9.86. The molecule has 1 aliphatic heterocycles. The Morgan fingerprint density at radius 3 is 1.91 bits per heavy atom. The summed E-state index contributed by atoms with van der Waals surface area (Å²) in [7, 11) is 0. The summed E-state index contributed by atoms with van der Waals surface area (Å²) < 4.78 is 67.0. The third-order valence-electron chi connectivity index (χ3n) is 10.8. The lowest BCUT2D eigenvalue weighted by Gasteiger charge is -2.20. The number of hydrogen-bond donors (Lipinski definition) is 0. The molecule has 8 rings (SSSR count). The molecular weight excluding hydrogens is 707 g/mol. The van der Waals surface area contributed by atoms with Crippen molar-refractivity contribution in [1.82, 2.24) is 0 Å². The zero-order valence-electron chi connectivity index (χ0n) is 32.7. The summed E-state index contributed by atoms with van der Waals surface area (Å²) in [5, 5.41) is 0.985. The second kappa shape index (κ2) is 13.7. The molecule has 4 heterocycles. The number of pyridine rings is 3. The Morgan fingerprint density at radius 2 is 1.20 bits per heavy atom. The minimum absolute atomic E-state index is 0.188. The van der Waals surface area contributed by atoms with E-state index in [4.69, 9.17) is 0 Å². The van der Waals surface area contributed by atoms with E-state index in [1.54, 1.807) is 6.92 Å². The summed E-state index contributed by atoms with van der Waals surface area (Å²) in [6, 6.07) is 33.0. The van der Waals surface area contributed by atoms with Crippen molar-refractivity contribution >= 4 is 22.8 Å². The number of nitrogens with zero attached hydrogens (tertiary/aromatic N) is 3. The quantitative estimate of drug-likeness (QED) is 0.123. The number of aryl methyl sites for hydroxylation is 1. The van der Waals surface area contributed by atoms with Crippen molar-refractivity contribution < 1.29 is 31.3 Å². The molecule has 0 N–H and O–H groups in total. The van der Waals surface area contributed by atoms with Gasteiger partial charge in [0, 0.05) is 59.5 Å². The summed E-state index contributed by atoms with van der Waals surface area (Å²) >= 11 is 0. The average Bonchev–Trinajstić information content (AvgIpc) is 3.44. The van der Waals surface area contributed by atoms with Gasteiger partial charge in [-0.3, -0.25) is 0 Å². The molecule has 4 aromatic carbocycles. The van der Waals surface area contributed by atoms with E-state index in [1.807, 2.05) is 82.3 Å². The fraction of sp³-hybridized carbons (Fsp3) is 0.204. The highest BCUT2D eigenvalue weighted by atomic mass is 19.1. The molecule has 280 valence electrons. The summed E-state index contributed by atoms with van der Waals surface area (Å²) in [6.45, 7) is 14.8. The Kier molecular flexibility index (Phi) is 9.03. The zero-order chi connectivity index (χ0) is 39.7. The Bertz CT molecular complexity index is 2730. The van der Waals surface area contributed by atoms with Crippen LogP contribution < -0.4 is 13.7 Å². The fourth-order valence-corrected chi connectivity index (χ4v) is 7.84. The normalized spacial score (nSPS) is 13.4. The molecule has 0 unspecified atom stereocenters. The average molecular weight is 751 g/mol. The van der Waals surface area contributed by atoms with Gasteiger partial charge in [0.25, 0.3) is 5.70 Å². The van der Waals surface area contributed by atoms with Crippen LogP contribution in [0.15, 0.2) is 122 Å². The Labute approximate surface area is 325 Å². The van der Waals surface area contributed by atoms with Crippen molar-refractivity contribution in [2.75, 3.05) is 0 Å². The van der Waals surface area contributed by atoms with Gasteiger partial charge in [-0.1, -0.05) is 71.9 Å². The van der Waals surface area contributed by atoms with E-state index in [1.165, 1.54) is 12.1 Å². The first-order valence-corrected chi connectivity index (χ1v) is 18.9. The molecule has 0 atom stereocenters. The summed E-state index contributed by atoms with van der Waals surface area (Å²) in [5.74, 6) is -2.50. The van der Waals surface area contributed by atoms with E-state index < -0.39 is 23.3 Å². The first kappa shape index (κ1) is 37.0. The van der Waals surface area contributed by atoms with E-state index >= 15 is 13.2 Å². The highest BCUT2D eigenvalue weighted by molar-refractivity contribution is 5.86. The van der Waals surface area contributed by atoms with Crippen LogP contribution in [0, 0.1) is 30.2 Å². The van der Waals surface area contributed by atoms with Crippen LogP contribution in [0.1, 0.15) is 69.4 Å². The lowest BCUT2D eigenvalue weighted by Crippen LogP contribution is -2.39. The second-order valence-corrected chi connectivity index (χ2v) is 16.8. The van der Waals surface area contributed by atoms with Crippen molar-refractivity contribution in [3.05, 3.63) is 173 Å². The minimum atomic E-state index is -0.650. The molecule has 3 nitrogen and oxygen atoms in total. The summed E-state index contributed by atoms with van der Waals surface area (Å²) in [5.41, 5.74) is 8.90. The van der Waals surface area contributed by atoms with Gasteiger partial charge < -0.3 is 0 Å². The van der Waals surface area contributed by atoms with Gasteiger partial charge in [-0.25, -0.2) is 17.6 Å². The molecule has 0 bridgehead atoms. The van der Waals surface area contributed by atoms with Crippen LogP contribution >= 0.6 is 0 Å². The molecule has 0 saturated heterocycles. The molecule has 0 aliphatic carbocycles. The van der Waals surface area contributed by atoms with Gasteiger partial charge >= 0.3 is 0 Å². The van der Waals surface area contributed by atoms with Crippen LogP contribution in [0.3, 0.4) is 0 Å². The predicted octanol–water partition coefficient (Wildman–Crippen LogP) is 11.0. The third kappa shape index (κ3) is 6.59. The molecular formula is C49H44F4N3+3. The number of para-hydroxylation sites is 1. The van der Waals surface area contributed by atoms with Gasteiger partial charge in [0.1, 0.15) is 23.3 Å². The molecule has 7 aromatic rings. The maximum atomic E-state index is 15.8. The number of aromatic nitrogens is 3. The topological polar surface area (TPSA) is 11.6 Å². The van der Waals surface area contributed by atoms with Gasteiger partial charge in [-0.2, -0.15) is 13.7 Å². The Morgan fingerprint density at radius 1 is 0.571 bits per heavy atom. The molecule has 0 amide bonds. The summed E-state index contributed by atoms with van der Waals surface area (Å²) in [6.07, 6.45) is 5.88. The van der Waals surface area contributed by atoms with Crippen molar-refractivity contribution in [2.24, 2.45) is 0 Å². The molecule has 1 aliphatic rings. The van der Waals surface area contributed by atoms with Crippen LogP contribution in [0.5, 0.6) is 0 Å². The molecule has 7 heteroatoms. The van der Waals surface area contributed by atoms with E-state index in [9.17, 15) is 4.39 Å². The van der Waals surface area contributed by atoms with Gasteiger partial charge in [0.15, 0.2) is 18.9 Å². The predicted molar refractivity (Wildman–Crippen MR) is 214 cm³/mol. The Hall–Kier alpha value is -5.95. The van der Waals surface area contributed by atoms with E-state index in [0.717, 1.165) is 51.0 Å². The molecule has 0 radical (unpaired) electrons. The first-order valence-electron chi connectivity index (χ1n) is 18.9. The number of hydrogen-bond acceptors (Lipinski definition) is 0. The molecule has 56 heavy (non-hydrogen) atoms. The first-order chi connectivity index (χ1) is 26.6. The van der Waals surface area contributed by atoms with Crippen LogP contribution in [0.4, 0.5) is 17.6 Å². The number of fused-ring (bicyclic) bond motifs is 4. The highest BCUT2D eigenvalue weighted by Crippen LogP contribution is 2.38. The van der Waals surface area contributed by atoms with Crippen LogP contribution in [-0.4, -0.2) is 0 Å². The zero-order valence-corrected chi connectivity index (χ0v) is 32.7. The standard InChI is InChI=1S/C49H44F4N3/c1-30-22-35(50)26-39(52)46(30)43-23-33(48(2,3)4)18-20-54(43)28-32-13-8-10-14-37(32)42-17-16-31-12-9-11-15-41(31)56(42)29-45-38-25-36(51)27-40(53)47(38)44-24-34(49(5,6)7)19-21-55(44)45/h8-27,29H,28H2,1-7H3/q+3. The van der Waals surface area contributed by atoms with Crippen molar-refractivity contribution in [3.63, 3.8) is 0 Å². The SMILES string of the molecule is Cc1cc(F)cc(F)c1-c1cc(C(C)(C)C)cc[n+]1Cc1ccccc1-c1ccc2ccccc2[n+]1C=C1c2cc(F)cc(F)c2-c2cc(C(C)(C)C)cc[n+]21. The minimum Gasteiger partial charge on any atom is -0.207 e. The molecule has 3 aromatic heterocycles. The summed E-state index contributed by atoms with van der Waals surface area (Å²) in [4.78, 5) is 0. The van der Waals surface area contributed by atoms with Crippen LogP contribution in [0.2, 0.25) is 0 Å². The molecule has 0 spiro atoms. The van der Waals surface area contributed by atoms with Gasteiger partial charge in [-0.15, -0.1) is 0 Å². The third-order valence-corrected chi connectivity index (χ3v) is 10.8. The molecule has 0 fully saturated rings. The van der Waals surface area contributed by atoms with Gasteiger partial charge in [0.2, 0.25) is 28.8 Å². The van der Waals surface area contributed by atoms with Gasteiger partial charge in [0.05, 0.1) is 22.3 Å². The van der Waals surface area contributed by atoms with E-state index in [2.05, 4.69) is 76.4 Å². The van der Waals surface area contributed by atoms with Crippen LogP contribution in [0.25, 0.3) is 56.6 Å². The second-order valence-electron chi connectivity index (χ2n) is 16.8. The van der Waals surface area contributed by atoms with Crippen molar-refractivity contribution in [1.29, 1.82) is 0 Å². The fourth-order valence-electron chi connectivity index (χ4n) is 7.84. The van der Waals surface area contributed by atoms with E-state index in [0.29, 0.717) is 45.9 Å². The maximum absolute atomic E-state index is 15.8. The number of halogens is 4. The van der Waals surface area contributed by atoms with Gasteiger partial charge in [-0.05, 0) is 64.8 Å². The van der Waals surface area contributed by atoms with E-state index in [-0.39, 0.29) is 10.8 Å². The maximum Gasteiger partial charge on any atom is 0.284 e. The monoisotopic (exact) mass is 750 g/mol. The highest BCUT2D eigenvalue weighted by Gasteiger charge is 2.39. The van der Waals surface area contributed by atoms with Crippen molar-refractivity contribution in [3.8, 4) is 33.8 Å². The smallest absolute Gasteiger partial charge is 0.207 e.